The molecule has 2 atom stereocenters. The van der Waals surface area contributed by atoms with Crippen LogP contribution in [0.3, 0.4) is 0 Å². The number of aliphatic hydroxyl groups is 1. The second-order valence-electron chi connectivity index (χ2n) is 8.67. The number of benzene rings is 2. The zero-order valence-corrected chi connectivity index (χ0v) is 17.9. The van der Waals surface area contributed by atoms with Crippen molar-refractivity contribution in [3.63, 3.8) is 0 Å². The highest BCUT2D eigenvalue weighted by Gasteiger charge is 2.48. The number of alkyl halides is 3. The number of hydrogen-bond acceptors (Lipinski definition) is 5. The number of fused-ring (bicyclic) bond motifs is 2. The lowest BCUT2D eigenvalue weighted by atomic mass is 9.94. The molecular weight excluding hydrogens is 454 g/mol. The standard InChI is InChI=1S/C24H21F4N3O3/c25-17-8-6-14(7-9-17)20(15-3-1-4-16(11-15)24(26,27)28)31-13-19(32)22(33)21-23(34)29-10-2-5-18(29)12-30(21)31/h1,3-4,6-9,11,18,20,33H,2,5,10,12-13H2/t18-,20+/m1/s1. The fourth-order valence-corrected chi connectivity index (χ4v) is 5.02. The molecule has 2 aromatic carbocycles. The first-order valence-corrected chi connectivity index (χ1v) is 10.9. The van der Waals surface area contributed by atoms with E-state index in [1.165, 1.54) is 46.4 Å². The number of halogens is 4. The van der Waals surface area contributed by atoms with Gasteiger partial charge in [0.25, 0.3) is 5.91 Å². The lowest BCUT2D eigenvalue weighted by Gasteiger charge is -2.49. The quantitative estimate of drug-likeness (QED) is 0.685. The van der Waals surface area contributed by atoms with E-state index in [-0.39, 0.29) is 30.4 Å². The number of Topliss-reactive ketones (excluding diaryl/α,β-unsaturated/α-hetero) is 1. The molecule has 0 spiro atoms. The van der Waals surface area contributed by atoms with Crippen molar-refractivity contribution in [2.24, 2.45) is 0 Å². The molecule has 2 saturated heterocycles. The summed E-state index contributed by atoms with van der Waals surface area (Å²) in [4.78, 5) is 27.5. The van der Waals surface area contributed by atoms with Crippen molar-refractivity contribution in [1.29, 1.82) is 0 Å². The molecule has 10 heteroatoms. The number of aliphatic hydroxyl groups excluding tert-OH is 1. The maximum atomic E-state index is 13.7. The van der Waals surface area contributed by atoms with E-state index >= 15 is 0 Å². The first kappa shape index (κ1) is 22.4. The third-order valence-electron chi connectivity index (χ3n) is 6.60. The molecule has 1 N–H and O–H groups in total. The highest BCUT2D eigenvalue weighted by atomic mass is 19.4. The SMILES string of the molecule is O=C1CN([C@@H](c2ccc(F)cc2)c2cccc(C(F)(F)F)c2)N2C[C@H]3CCCN3C(=O)C2=C1O. The van der Waals surface area contributed by atoms with Crippen LogP contribution in [0, 0.1) is 5.82 Å². The second kappa shape index (κ2) is 8.12. The van der Waals surface area contributed by atoms with Crippen molar-refractivity contribution in [3.05, 3.63) is 82.5 Å². The zero-order valence-electron chi connectivity index (χ0n) is 17.9. The van der Waals surface area contributed by atoms with E-state index in [1.54, 1.807) is 4.90 Å². The second-order valence-corrected chi connectivity index (χ2v) is 8.67. The molecule has 3 heterocycles. The van der Waals surface area contributed by atoms with Crippen molar-refractivity contribution < 1.29 is 32.3 Å². The molecule has 2 fully saturated rings. The summed E-state index contributed by atoms with van der Waals surface area (Å²) in [5.41, 5.74) is -0.379. The van der Waals surface area contributed by atoms with Gasteiger partial charge in [0.15, 0.2) is 11.5 Å². The van der Waals surface area contributed by atoms with Crippen LogP contribution in [0.5, 0.6) is 0 Å². The molecule has 0 radical (unpaired) electrons. The number of rotatable bonds is 3. The molecule has 3 aliphatic heterocycles. The maximum Gasteiger partial charge on any atom is 0.416 e. The van der Waals surface area contributed by atoms with E-state index in [2.05, 4.69) is 0 Å². The summed E-state index contributed by atoms with van der Waals surface area (Å²) in [6.07, 6.45) is -3.07. The molecule has 0 unspecified atom stereocenters. The Balaban J connectivity index is 1.65. The molecule has 34 heavy (non-hydrogen) atoms. The third-order valence-corrected chi connectivity index (χ3v) is 6.60. The molecular formula is C24H21F4N3O3. The van der Waals surface area contributed by atoms with Crippen LogP contribution >= 0.6 is 0 Å². The zero-order chi connectivity index (χ0) is 24.2. The average molecular weight is 475 g/mol. The largest absolute Gasteiger partial charge is 0.503 e. The Morgan fingerprint density at radius 2 is 1.76 bits per heavy atom. The van der Waals surface area contributed by atoms with E-state index in [0.717, 1.165) is 25.0 Å². The number of ketones is 1. The van der Waals surface area contributed by atoms with Gasteiger partial charge in [-0.15, -0.1) is 0 Å². The van der Waals surface area contributed by atoms with Gasteiger partial charge in [0, 0.05) is 6.54 Å². The summed E-state index contributed by atoms with van der Waals surface area (Å²) < 4.78 is 54.1. The summed E-state index contributed by atoms with van der Waals surface area (Å²) in [6, 6.07) is 8.90. The number of nitrogens with zero attached hydrogens (tertiary/aromatic N) is 3. The van der Waals surface area contributed by atoms with Crippen LogP contribution in [0.25, 0.3) is 0 Å². The molecule has 0 aliphatic carbocycles. The number of carbonyl (C=O) groups is 2. The predicted octanol–water partition coefficient (Wildman–Crippen LogP) is 3.81. The van der Waals surface area contributed by atoms with E-state index in [9.17, 15) is 32.3 Å². The van der Waals surface area contributed by atoms with E-state index in [0.29, 0.717) is 12.1 Å². The topological polar surface area (TPSA) is 64.1 Å². The summed E-state index contributed by atoms with van der Waals surface area (Å²) in [6.45, 7) is 0.444. The third kappa shape index (κ3) is 3.71. The van der Waals surface area contributed by atoms with Crippen LogP contribution in [0.2, 0.25) is 0 Å². The molecule has 0 bridgehead atoms. The normalized spacial score (nSPS) is 22.2. The van der Waals surface area contributed by atoms with Gasteiger partial charge in [0.1, 0.15) is 5.82 Å². The molecule has 0 aromatic heterocycles. The van der Waals surface area contributed by atoms with Gasteiger partial charge in [-0.3, -0.25) is 14.6 Å². The lowest BCUT2D eigenvalue weighted by molar-refractivity contribution is -0.151. The molecule has 5 rings (SSSR count). The number of hydrogen-bond donors (Lipinski definition) is 1. The number of piperazine rings is 1. The van der Waals surface area contributed by atoms with Gasteiger partial charge >= 0.3 is 6.18 Å². The molecule has 178 valence electrons. The van der Waals surface area contributed by atoms with Crippen LogP contribution in [0.1, 0.15) is 35.6 Å². The van der Waals surface area contributed by atoms with Crippen molar-refractivity contribution >= 4 is 11.7 Å². The highest BCUT2D eigenvalue weighted by Crippen LogP contribution is 2.40. The van der Waals surface area contributed by atoms with E-state index in [4.69, 9.17) is 0 Å². The molecule has 6 nitrogen and oxygen atoms in total. The fraction of sp³-hybridized carbons (Fsp3) is 0.333. The summed E-state index contributed by atoms with van der Waals surface area (Å²) in [5, 5.41) is 13.5. The number of amides is 1. The minimum atomic E-state index is -4.59. The van der Waals surface area contributed by atoms with Crippen molar-refractivity contribution in [3.8, 4) is 0 Å². The Morgan fingerprint density at radius 3 is 2.47 bits per heavy atom. The summed E-state index contributed by atoms with van der Waals surface area (Å²) in [7, 11) is 0. The van der Waals surface area contributed by atoms with Gasteiger partial charge < -0.3 is 10.0 Å². The Morgan fingerprint density at radius 1 is 1.03 bits per heavy atom. The van der Waals surface area contributed by atoms with Crippen LogP contribution in [0.4, 0.5) is 17.6 Å². The Hall–Kier alpha value is -3.40. The van der Waals surface area contributed by atoms with Gasteiger partial charge in [-0.1, -0.05) is 24.3 Å². The minimum absolute atomic E-state index is 0.143. The minimum Gasteiger partial charge on any atom is -0.503 e. The summed E-state index contributed by atoms with van der Waals surface area (Å²) in [5.74, 6) is -2.36. The van der Waals surface area contributed by atoms with Crippen LogP contribution in [0.15, 0.2) is 60.0 Å². The summed E-state index contributed by atoms with van der Waals surface area (Å²) >= 11 is 0. The van der Waals surface area contributed by atoms with E-state index < -0.39 is 41.0 Å². The van der Waals surface area contributed by atoms with Crippen molar-refractivity contribution in [2.45, 2.75) is 31.1 Å². The Bertz CT molecular complexity index is 1180. The Kier molecular flexibility index (Phi) is 5.35. The average Bonchev–Trinajstić information content (AvgIpc) is 3.27. The molecule has 2 aromatic rings. The smallest absolute Gasteiger partial charge is 0.416 e. The Labute approximate surface area is 192 Å². The van der Waals surface area contributed by atoms with Gasteiger partial charge in [-0.2, -0.15) is 13.2 Å². The first-order valence-electron chi connectivity index (χ1n) is 10.9. The van der Waals surface area contributed by atoms with E-state index in [1.807, 2.05) is 0 Å². The van der Waals surface area contributed by atoms with Crippen LogP contribution in [-0.4, -0.2) is 57.4 Å². The fourth-order valence-electron chi connectivity index (χ4n) is 5.02. The van der Waals surface area contributed by atoms with Gasteiger partial charge in [-0.25, -0.2) is 9.40 Å². The molecule has 0 saturated carbocycles. The highest BCUT2D eigenvalue weighted by molar-refractivity contribution is 6.06. The monoisotopic (exact) mass is 475 g/mol. The van der Waals surface area contributed by atoms with Gasteiger partial charge in [0.2, 0.25) is 5.78 Å². The maximum absolute atomic E-state index is 13.7. The number of hydrazine groups is 1. The molecule has 3 aliphatic rings. The van der Waals surface area contributed by atoms with Gasteiger partial charge in [-0.05, 0) is 48.2 Å². The number of carbonyl (C=O) groups excluding carboxylic acids is 2. The van der Waals surface area contributed by atoms with Crippen molar-refractivity contribution in [2.75, 3.05) is 19.6 Å². The molecule has 1 amide bonds. The predicted molar refractivity (Wildman–Crippen MR) is 112 cm³/mol. The lowest BCUT2D eigenvalue weighted by Crippen LogP contribution is -2.62. The first-order chi connectivity index (χ1) is 16.1. The van der Waals surface area contributed by atoms with Crippen LogP contribution in [-0.2, 0) is 15.8 Å². The van der Waals surface area contributed by atoms with Crippen LogP contribution < -0.4 is 0 Å². The van der Waals surface area contributed by atoms with Crippen molar-refractivity contribution in [1.82, 2.24) is 14.9 Å². The van der Waals surface area contributed by atoms with Gasteiger partial charge in [0.05, 0.1) is 30.7 Å².